The molecule has 8 nitrogen and oxygen atoms in total. The number of anilines is 2. The maximum absolute atomic E-state index is 13.0. The number of aromatic nitrogens is 2. The summed E-state index contributed by atoms with van der Waals surface area (Å²) in [6.45, 7) is 8.42. The van der Waals surface area contributed by atoms with Crippen molar-refractivity contribution >= 4 is 33.4 Å². The molecule has 0 radical (unpaired) electrons. The molecule has 1 N–H and O–H groups in total. The number of hydrogen-bond acceptors (Lipinski definition) is 7. The van der Waals surface area contributed by atoms with Gasteiger partial charge in [0.2, 0.25) is 22.1 Å². The number of carbonyl (C=O) groups excluding carboxylic acids is 2. The first-order valence-corrected chi connectivity index (χ1v) is 13.8. The molecular formula is C26H36N6O2S. The van der Waals surface area contributed by atoms with E-state index in [1.54, 1.807) is 4.90 Å². The van der Waals surface area contributed by atoms with E-state index >= 15 is 0 Å². The Labute approximate surface area is 211 Å². The van der Waals surface area contributed by atoms with Gasteiger partial charge in [0.1, 0.15) is 0 Å². The molecule has 9 heteroatoms. The molecule has 35 heavy (non-hydrogen) atoms. The average molecular weight is 497 g/mol. The highest BCUT2D eigenvalue weighted by atomic mass is 32.1. The molecule has 0 aliphatic carbocycles. The molecule has 0 bridgehead atoms. The van der Waals surface area contributed by atoms with Crippen molar-refractivity contribution in [1.29, 1.82) is 0 Å². The van der Waals surface area contributed by atoms with Gasteiger partial charge in [0.15, 0.2) is 0 Å². The third-order valence-corrected chi connectivity index (χ3v) is 8.71. The van der Waals surface area contributed by atoms with Crippen molar-refractivity contribution in [3.8, 4) is 0 Å². The Balaban J connectivity index is 1.07. The van der Waals surface area contributed by atoms with Crippen molar-refractivity contribution < 1.29 is 9.59 Å². The predicted octanol–water partition coefficient (Wildman–Crippen LogP) is 3.22. The summed E-state index contributed by atoms with van der Waals surface area (Å²) in [6.07, 6.45) is 5.61. The van der Waals surface area contributed by atoms with Crippen molar-refractivity contribution in [2.24, 2.45) is 11.8 Å². The first-order chi connectivity index (χ1) is 17.1. The number of amides is 2. The first kappa shape index (κ1) is 24.2. The maximum atomic E-state index is 13.0. The highest BCUT2D eigenvalue weighted by Crippen LogP contribution is 2.32. The summed E-state index contributed by atoms with van der Waals surface area (Å²) in [5.41, 5.74) is 2.77. The molecule has 5 rings (SSSR count). The molecular weight excluding hydrogens is 460 g/mol. The smallest absolute Gasteiger partial charge is 0.228 e. The van der Waals surface area contributed by atoms with Crippen LogP contribution in [0.2, 0.25) is 0 Å². The summed E-state index contributed by atoms with van der Waals surface area (Å²) in [6, 6.07) is 8.63. The zero-order valence-corrected chi connectivity index (χ0v) is 21.4. The van der Waals surface area contributed by atoms with Crippen LogP contribution < -0.4 is 15.1 Å². The largest absolute Gasteiger partial charge is 0.356 e. The molecule has 0 saturated carbocycles. The van der Waals surface area contributed by atoms with Gasteiger partial charge in [-0.25, -0.2) is 0 Å². The van der Waals surface area contributed by atoms with Gasteiger partial charge in [-0.15, -0.1) is 10.2 Å². The fourth-order valence-electron chi connectivity index (χ4n) is 5.43. The number of nitrogens with zero attached hydrogens (tertiary/aromatic N) is 5. The summed E-state index contributed by atoms with van der Waals surface area (Å²) in [7, 11) is 0. The number of likely N-dealkylation sites (tertiary alicyclic amines) is 1. The molecule has 1 aromatic carbocycles. The molecule has 0 spiro atoms. The van der Waals surface area contributed by atoms with Crippen LogP contribution >= 0.6 is 11.3 Å². The summed E-state index contributed by atoms with van der Waals surface area (Å²) in [5, 5.41) is 13.3. The number of piperidine rings is 2. The molecule has 3 aliphatic heterocycles. The lowest BCUT2D eigenvalue weighted by molar-refractivity contribution is -0.125. The zero-order valence-electron chi connectivity index (χ0n) is 20.6. The average Bonchev–Trinajstić information content (AvgIpc) is 3.54. The second kappa shape index (κ2) is 11.0. The highest BCUT2D eigenvalue weighted by Gasteiger charge is 2.30. The number of nitrogens with one attached hydrogen (secondary N) is 1. The van der Waals surface area contributed by atoms with Crippen LogP contribution in [-0.4, -0.2) is 66.2 Å². The summed E-state index contributed by atoms with van der Waals surface area (Å²) in [4.78, 5) is 31.4. The van der Waals surface area contributed by atoms with Gasteiger partial charge in [0.25, 0.3) is 0 Å². The fraction of sp³-hybridized carbons (Fsp3) is 0.615. The molecule has 4 heterocycles. The lowest BCUT2D eigenvalue weighted by atomic mass is 9.94. The number of carbonyl (C=O) groups is 2. The molecule has 3 fully saturated rings. The fourth-order valence-corrected chi connectivity index (χ4v) is 6.35. The number of benzene rings is 1. The zero-order chi connectivity index (χ0) is 24.2. The second-order valence-corrected chi connectivity index (χ2v) is 11.1. The van der Waals surface area contributed by atoms with Crippen LogP contribution in [0.15, 0.2) is 24.3 Å². The van der Waals surface area contributed by atoms with Gasteiger partial charge in [-0.2, -0.15) is 0 Å². The van der Waals surface area contributed by atoms with Crippen LogP contribution in [-0.2, 0) is 16.1 Å². The van der Waals surface area contributed by atoms with Crippen LogP contribution in [0, 0.1) is 18.8 Å². The third-order valence-electron chi connectivity index (χ3n) is 7.70. The molecule has 188 valence electrons. The Morgan fingerprint density at radius 3 is 2.63 bits per heavy atom. The summed E-state index contributed by atoms with van der Waals surface area (Å²) < 4.78 is 0. The lowest BCUT2D eigenvalue weighted by Crippen LogP contribution is -2.45. The van der Waals surface area contributed by atoms with E-state index in [1.165, 1.54) is 22.5 Å². The minimum Gasteiger partial charge on any atom is -0.356 e. The molecule has 1 aromatic heterocycles. The molecule has 1 atom stereocenters. The van der Waals surface area contributed by atoms with Crippen LogP contribution in [0.4, 0.5) is 10.3 Å². The normalized spacial score (nSPS) is 22.1. The van der Waals surface area contributed by atoms with Gasteiger partial charge in [-0.3, -0.25) is 19.4 Å². The summed E-state index contributed by atoms with van der Waals surface area (Å²) in [5.74, 6) is 0.822. The second-order valence-electron chi connectivity index (χ2n) is 10.2. The number of rotatable bonds is 7. The molecule has 0 unspecified atom stereocenters. The Bertz CT molecular complexity index is 1030. The van der Waals surface area contributed by atoms with Crippen LogP contribution in [0.3, 0.4) is 0 Å². The van der Waals surface area contributed by atoms with E-state index in [-0.39, 0.29) is 17.7 Å². The third kappa shape index (κ3) is 5.83. The van der Waals surface area contributed by atoms with E-state index in [1.807, 2.05) is 0 Å². The Kier molecular flexibility index (Phi) is 7.63. The SMILES string of the molecule is Cc1ccccc1CN1CCC(CNC(=O)[C@@H]2CCCN(c3nnc(N4CCCC4=O)s3)C2)CC1. The van der Waals surface area contributed by atoms with E-state index in [2.05, 4.69) is 56.5 Å². The summed E-state index contributed by atoms with van der Waals surface area (Å²) >= 11 is 1.46. The Morgan fingerprint density at radius 2 is 1.86 bits per heavy atom. The van der Waals surface area contributed by atoms with E-state index in [9.17, 15) is 9.59 Å². The minimum absolute atomic E-state index is 0.0225. The Morgan fingerprint density at radius 1 is 1.06 bits per heavy atom. The maximum Gasteiger partial charge on any atom is 0.228 e. The topological polar surface area (TPSA) is 81.7 Å². The van der Waals surface area contributed by atoms with Gasteiger partial charge in [0, 0.05) is 39.1 Å². The lowest BCUT2D eigenvalue weighted by Gasteiger charge is -2.34. The molecule has 2 amide bonds. The minimum atomic E-state index is -0.0225. The Hall–Kier alpha value is -2.52. The van der Waals surface area contributed by atoms with Gasteiger partial charge in [0.05, 0.1) is 5.92 Å². The van der Waals surface area contributed by atoms with E-state index in [0.717, 1.165) is 76.5 Å². The van der Waals surface area contributed by atoms with Crippen LogP contribution in [0.5, 0.6) is 0 Å². The van der Waals surface area contributed by atoms with Crippen molar-refractivity contribution in [1.82, 2.24) is 20.4 Å². The molecule has 3 aliphatic rings. The molecule has 2 aromatic rings. The van der Waals surface area contributed by atoms with E-state index in [0.29, 0.717) is 24.0 Å². The van der Waals surface area contributed by atoms with Crippen LogP contribution in [0.1, 0.15) is 49.7 Å². The number of hydrogen-bond donors (Lipinski definition) is 1. The van der Waals surface area contributed by atoms with Crippen molar-refractivity contribution in [2.45, 2.75) is 52.0 Å². The highest BCUT2D eigenvalue weighted by molar-refractivity contribution is 7.19. The van der Waals surface area contributed by atoms with Crippen molar-refractivity contribution in [2.75, 3.05) is 49.1 Å². The van der Waals surface area contributed by atoms with Crippen LogP contribution in [0.25, 0.3) is 0 Å². The molecule has 3 saturated heterocycles. The standard InChI is InChI=1S/C26H36N6O2S/c1-19-6-2-3-7-21(19)17-30-14-10-20(11-15-30)16-27-24(34)22-8-4-12-31(18-22)25-28-29-26(35-25)32-13-5-9-23(32)33/h2-3,6-7,20,22H,4-5,8-18H2,1H3,(H,27,34)/t22-/m1/s1. The monoisotopic (exact) mass is 496 g/mol. The van der Waals surface area contributed by atoms with Crippen molar-refractivity contribution in [3.05, 3.63) is 35.4 Å². The van der Waals surface area contributed by atoms with Gasteiger partial charge >= 0.3 is 0 Å². The predicted molar refractivity (Wildman–Crippen MR) is 139 cm³/mol. The van der Waals surface area contributed by atoms with Gasteiger partial charge in [-0.05, 0) is 69.2 Å². The van der Waals surface area contributed by atoms with E-state index < -0.39 is 0 Å². The van der Waals surface area contributed by atoms with Crippen molar-refractivity contribution in [3.63, 3.8) is 0 Å². The van der Waals surface area contributed by atoms with Gasteiger partial charge in [-0.1, -0.05) is 35.6 Å². The first-order valence-electron chi connectivity index (χ1n) is 13.0. The quantitative estimate of drug-likeness (QED) is 0.634. The van der Waals surface area contributed by atoms with Gasteiger partial charge < -0.3 is 10.2 Å². The van der Waals surface area contributed by atoms with E-state index in [4.69, 9.17) is 0 Å². The number of aryl methyl sites for hydroxylation is 1.